The third kappa shape index (κ3) is 3.72. The summed E-state index contributed by atoms with van der Waals surface area (Å²) in [5.74, 6) is 1.42. The van der Waals surface area contributed by atoms with Gasteiger partial charge in [-0.3, -0.25) is 9.58 Å². The van der Waals surface area contributed by atoms with Gasteiger partial charge in [-0.25, -0.2) is 0 Å². The molecule has 0 saturated carbocycles. The summed E-state index contributed by atoms with van der Waals surface area (Å²) in [5, 5.41) is 8.32. The van der Waals surface area contributed by atoms with Crippen molar-refractivity contribution in [3.05, 3.63) is 30.2 Å². The van der Waals surface area contributed by atoms with E-state index in [0.717, 1.165) is 32.1 Å². The number of ether oxygens (including phenoxy) is 1. The van der Waals surface area contributed by atoms with E-state index in [9.17, 15) is 0 Å². The SMILES string of the molecule is CC(C)(C)c1nc(CN2CCO[C@@H](Cn3cccn3)C2)no1. The molecule has 0 N–H and O–H groups in total. The molecule has 2 aromatic rings. The Balaban J connectivity index is 1.57. The fourth-order valence-corrected chi connectivity index (χ4v) is 2.47. The zero-order valence-corrected chi connectivity index (χ0v) is 13.4. The van der Waals surface area contributed by atoms with E-state index in [-0.39, 0.29) is 11.5 Å². The standard InChI is InChI=1S/C15H23N5O2/c1-15(2,3)14-17-13(18-22-14)11-19-7-8-21-12(9-19)10-20-6-4-5-16-20/h4-6,12H,7-11H2,1-3H3/t12-/m1/s1. The van der Waals surface area contributed by atoms with E-state index >= 15 is 0 Å². The van der Waals surface area contributed by atoms with Gasteiger partial charge in [0.15, 0.2) is 5.82 Å². The minimum Gasteiger partial charge on any atom is -0.374 e. The smallest absolute Gasteiger partial charge is 0.232 e. The van der Waals surface area contributed by atoms with E-state index in [0.29, 0.717) is 12.4 Å². The van der Waals surface area contributed by atoms with Crippen LogP contribution in [0, 0.1) is 0 Å². The highest BCUT2D eigenvalue weighted by atomic mass is 16.5. The number of hydrogen-bond acceptors (Lipinski definition) is 6. The normalized spacial score (nSPS) is 20.4. The van der Waals surface area contributed by atoms with Crippen LogP contribution < -0.4 is 0 Å². The van der Waals surface area contributed by atoms with Crippen molar-refractivity contribution in [1.29, 1.82) is 0 Å². The van der Waals surface area contributed by atoms with Crippen molar-refractivity contribution >= 4 is 0 Å². The van der Waals surface area contributed by atoms with E-state index in [1.165, 1.54) is 0 Å². The molecule has 0 aliphatic carbocycles. The molecule has 1 fully saturated rings. The number of morpholine rings is 1. The lowest BCUT2D eigenvalue weighted by Gasteiger charge is -2.32. The molecule has 1 aliphatic heterocycles. The third-order valence-electron chi connectivity index (χ3n) is 3.65. The van der Waals surface area contributed by atoms with Gasteiger partial charge in [-0.05, 0) is 6.07 Å². The number of aromatic nitrogens is 4. The van der Waals surface area contributed by atoms with Gasteiger partial charge in [-0.1, -0.05) is 25.9 Å². The Morgan fingerprint density at radius 1 is 1.36 bits per heavy atom. The molecule has 0 amide bonds. The Morgan fingerprint density at radius 3 is 2.91 bits per heavy atom. The van der Waals surface area contributed by atoms with E-state index in [1.54, 1.807) is 6.20 Å². The number of nitrogens with zero attached hydrogens (tertiary/aromatic N) is 5. The minimum absolute atomic E-state index is 0.112. The average molecular weight is 305 g/mol. The van der Waals surface area contributed by atoms with Crippen molar-refractivity contribution in [1.82, 2.24) is 24.8 Å². The van der Waals surface area contributed by atoms with Crippen molar-refractivity contribution in [3.8, 4) is 0 Å². The maximum Gasteiger partial charge on any atom is 0.232 e. The van der Waals surface area contributed by atoms with E-state index < -0.39 is 0 Å². The molecule has 0 bridgehead atoms. The van der Waals surface area contributed by atoms with Crippen molar-refractivity contribution in [3.63, 3.8) is 0 Å². The molecular formula is C15H23N5O2. The topological polar surface area (TPSA) is 69.2 Å². The summed E-state index contributed by atoms with van der Waals surface area (Å²) in [4.78, 5) is 6.80. The first-order valence-electron chi connectivity index (χ1n) is 7.65. The van der Waals surface area contributed by atoms with Crippen LogP contribution >= 0.6 is 0 Å². The monoisotopic (exact) mass is 305 g/mol. The second kappa shape index (κ2) is 6.18. The summed E-state index contributed by atoms with van der Waals surface area (Å²) in [6, 6.07) is 1.92. The fraction of sp³-hybridized carbons (Fsp3) is 0.667. The van der Waals surface area contributed by atoms with Gasteiger partial charge in [0.05, 0.1) is 25.8 Å². The van der Waals surface area contributed by atoms with Crippen LogP contribution in [0.25, 0.3) is 0 Å². The second-order valence-electron chi connectivity index (χ2n) is 6.72. The molecule has 7 nitrogen and oxygen atoms in total. The van der Waals surface area contributed by atoms with Gasteiger partial charge in [-0.2, -0.15) is 10.1 Å². The lowest BCUT2D eigenvalue weighted by molar-refractivity contribution is -0.0410. The quantitative estimate of drug-likeness (QED) is 0.852. The average Bonchev–Trinajstić information content (AvgIpc) is 3.10. The molecule has 7 heteroatoms. The molecule has 22 heavy (non-hydrogen) atoms. The summed E-state index contributed by atoms with van der Waals surface area (Å²) < 4.78 is 13.1. The van der Waals surface area contributed by atoms with E-state index in [2.05, 4.69) is 40.9 Å². The summed E-state index contributed by atoms with van der Waals surface area (Å²) in [5.41, 5.74) is -0.112. The number of hydrogen-bond donors (Lipinski definition) is 0. The van der Waals surface area contributed by atoms with Crippen LogP contribution in [0.2, 0.25) is 0 Å². The lowest BCUT2D eigenvalue weighted by atomic mass is 9.97. The van der Waals surface area contributed by atoms with Gasteiger partial charge in [0.1, 0.15) is 0 Å². The molecule has 0 spiro atoms. The van der Waals surface area contributed by atoms with Gasteiger partial charge in [0, 0.05) is 30.9 Å². The first-order valence-corrected chi connectivity index (χ1v) is 7.65. The zero-order chi connectivity index (χ0) is 15.6. The molecule has 0 aromatic carbocycles. The Morgan fingerprint density at radius 2 is 2.23 bits per heavy atom. The molecule has 3 rings (SSSR count). The highest BCUT2D eigenvalue weighted by molar-refractivity contribution is 4.98. The zero-order valence-electron chi connectivity index (χ0n) is 13.4. The fourth-order valence-electron chi connectivity index (χ4n) is 2.47. The highest BCUT2D eigenvalue weighted by Crippen LogP contribution is 2.20. The van der Waals surface area contributed by atoms with Gasteiger partial charge < -0.3 is 9.26 Å². The molecule has 0 unspecified atom stereocenters. The molecule has 1 aliphatic rings. The van der Waals surface area contributed by atoms with Crippen LogP contribution in [0.1, 0.15) is 32.5 Å². The summed E-state index contributed by atoms with van der Waals surface area (Å²) in [6.07, 6.45) is 3.88. The molecule has 2 aromatic heterocycles. The third-order valence-corrected chi connectivity index (χ3v) is 3.65. The lowest BCUT2D eigenvalue weighted by Crippen LogP contribution is -2.43. The largest absolute Gasteiger partial charge is 0.374 e. The predicted molar refractivity (Wildman–Crippen MR) is 80.2 cm³/mol. The van der Waals surface area contributed by atoms with Crippen LogP contribution in [0.15, 0.2) is 23.0 Å². The van der Waals surface area contributed by atoms with Gasteiger partial charge >= 0.3 is 0 Å². The first-order chi connectivity index (χ1) is 10.5. The van der Waals surface area contributed by atoms with Crippen LogP contribution in [-0.2, 0) is 23.2 Å². The molecule has 1 atom stereocenters. The Hall–Kier alpha value is -1.73. The second-order valence-corrected chi connectivity index (χ2v) is 6.72. The van der Waals surface area contributed by atoms with Crippen molar-refractivity contribution < 1.29 is 9.26 Å². The van der Waals surface area contributed by atoms with Crippen molar-refractivity contribution in [2.45, 2.75) is 45.4 Å². The minimum atomic E-state index is -0.112. The molecular weight excluding hydrogens is 282 g/mol. The van der Waals surface area contributed by atoms with Crippen LogP contribution in [-0.4, -0.2) is 50.6 Å². The summed E-state index contributed by atoms with van der Waals surface area (Å²) in [7, 11) is 0. The Kier molecular flexibility index (Phi) is 4.26. The van der Waals surface area contributed by atoms with Gasteiger partial charge in [0.25, 0.3) is 0 Å². The Labute approximate surface area is 130 Å². The van der Waals surface area contributed by atoms with E-state index in [1.807, 2.05) is 16.9 Å². The van der Waals surface area contributed by atoms with Crippen molar-refractivity contribution in [2.75, 3.05) is 19.7 Å². The predicted octanol–water partition coefficient (Wildman–Crippen LogP) is 1.46. The van der Waals surface area contributed by atoms with Crippen molar-refractivity contribution in [2.24, 2.45) is 0 Å². The number of rotatable bonds is 4. The maximum absolute atomic E-state index is 5.81. The molecule has 120 valence electrons. The van der Waals surface area contributed by atoms with Gasteiger partial charge in [-0.15, -0.1) is 0 Å². The Bertz CT molecular complexity index is 587. The van der Waals surface area contributed by atoms with E-state index in [4.69, 9.17) is 9.26 Å². The van der Waals surface area contributed by atoms with Gasteiger partial charge in [0.2, 0.25) is 5.89 Å². The molecule has 0 radical (unpaired) electrons. The van der Waals surface area contributed by atoms with Crippen LogP contribution in [0.3, 0.4) is 0 Å². The molecule has 1 saturated heterocycles. The van der Waals surface area contributed by atoms with Crippen LogP contribution in [0.5, 0.6) is 0 Å². The highest BCUT2D eigenvalue weighted by Gasteiger charge is 2.25. The summed E-state index contributed by atoms with van der Waals surface area (Å²) >= 11 is 0. The first kappa shape index (κ1) is 15.2. The summed E-state index contributed by atoms with van der Waals surface area (Å²) in [6.45, 7) is 10.1. The van der Waals surface area contributed by atoms with Crippen LogP contribution in [0.4, 0.5) is 0 Å². The maximum atomic E-state index is 5.81. The molecule has 3 heterocycles.